The van der Waals surface area contributed by atoms with Crippen molar-refractivity contribution in [1.29, 1.82) is 0 Å². The first-order valence-electron chi connectivity index (χ1n) is 7.00. The lowest BCUT2D eigenvalue weighted by Gasteiger charge is -2.22. The molecular formula is C13H22N4O5. The summed E-state index contributed by atoms with van der Waals surface area (Å²) in [6, 6.07) is 0.310. The number of hydrogen-bond acceptors (Lipinski definition) is 6. The quantitative estimate of drug-likeness (QED) is 0.487. The van der Waals surface area contributed by atoms with Crippen LogP contribution in [0.4, 0.5) is 10.5 Å². The Balaban J connectivity index is 0.000000261. The van der Waals surface area contributed by atoms with E-state index in [1.165, 1.54) is 12.4 Å². The van der Waals surface area contributed by atoms with Gasteiger partial charge in [0.1, 0.15) is 18.0 Å². The van der Waals surface area contributed by atoms with E-state index in [1.807, 2.05) is 0 Å². The van der Waals surface area contributed by atoms with E-state index in [9.17, 15) is 14.9 Å². The standard InChI is InChI=1S/C8H12N4O2.C5H10O3/c13-12(14)8-5-10-11(6-8)7-1-3-9-4-2-7;1-5(2,3)8-4(6)7/h5-7,9H,1-4H2;1-3H3,(H,6,7). The Morgan fingerprint density at radius 1 is 1.50 bits per heavy atom. The van der Waals surface area contributed by atoms with Gasteiger partial charge in [-0.3, -0.25) is 14.8 Å². The van der Waals surface area contributed by atoms with Crippen LogP contribution in [0.1, 0.15) is 39.7 Å². The summed E-state index contributed by atoms with van der Waals surface area (Å²) in [6.07, 6.45) is 3.56. The summed E-state index contributed by atoms with van der Waals surface area (Å²) in [5.74, 6) is 0. The normalized spacial score (nSPS) is 15.6. The highest BCUT2D eigenvalue weighted by Gasteiger charge is 2.18. The summed E-state index contributed by atoms with van der Waals surface area (Å²) in [4.78, 5) is 19.8. The van der Waals surface area contributed by atoms with E-state index in [4.69, 9.17) is 5.11 Å². The van der Waals surface area contributed by atoms with Gasteiger partial charge in [0, 0.05) is 0 Å². The highest BCUT2D eigenvalue weighted by atomic mass is 16.7. The second-order valence-corrected chi connectivity index (χ2v) is 5.90. The molecule has 1 aromatic rings. The maximum atomic E-state index is 10.4. The van der Waals surface area contributed by atoms with Crippen LogP contribution in [0.3, 0.4) is 0 Å². The van der Waals surface area contributed by atoms with Gasteiger partial charge in [-0.25, -0.2) is 4.79 Å². The fourth-order valence-electron chi connectivity index (χ4n) is 1.96. The van der Waals surface area contributed by atoms with Gasteiger partial charge in [-0.1, -0.05) is 0 Å². The SMILES string of the molecule is CC(C)(C)OC(=O)O.O=[N+]([O-])c1cnn(C2CCNCC2)c1. The van der Waals surface area contributed by atoms with Crippen LogP contribution in [-0.2, 0) is 4.74 Å². The fourth-order valence-corrected chi connectivity index (χ4v) is 1.96. The zero-order valence-corrected chi connectivity index (χ0v) is 13.0. The maximum Gasteiger partial charge on any atom is 0.506 e. The molecule has 9 heteroatoms. The van der Waals surface area contributed by atoms with Gasteiger partial charge in [0.2, 0.25) is 0 Å². The first-order chi connectivity index (χ1) is 10.2. The summed E-state index contributed by atoms with van der Waals surface area (Å²) >= 11 is 0. The van der Waals surface area contributed by atoms with E-state index < -0.39 is 16.7 Å². The van der Waals surface area contributed by atoms with E-state index in [1.54, 1.807) is 25.5 Å². The summed E-state index contributed by atoms with van der Waals surface area (Å²) < 4.78 is 6.06. The molecule has 9 nitrogen and oxygen atoms in total. The molecule has 0 spiro atoms. The monoisotopic (exact) mass is 314 g/mol. The minimum Gasteiger partial charge on any atom is -0.450 e. The van der Waals surface area contributed by atoms with Gasteiger partial charge >= 0.3 is 11.8 Å². The summed E-state index contributed by atoms with van der Waals surface area (Å²) in [6.45, 7) is 6.96. The first-order valence-corrected chi connectivity index (χ1v) is 7.00. The van der Waals surface area contributed by atoms with E-state index in [0.717, 1.165) is 25.9 Å². The molecule has 2 N–H and O–H groups in total. The molecule has 1 saturated heterocycles. The molecular weight excluding hydrogens is 292 g/mol. The molecule has 1 fully saturated rings. The lowest BCUT2D eigenvalue weighted by Crippen LogP contribution is -2.29. The van der Waals surface area contributed by atoms with Crippen molar-refractivity contribution in [2.45, 2.75) is 45.3 Å². The Labute approximate surface area is 128 Å². The fraction of sp³-hybridized carbons (Fsp3) is 0.692. The predicted molar refractivity (Wildman–Crippen MR) is 78.9 cm³/mol. The average Bonchev–Trinajstić information content (AvgIpc) is 2.87. The summed E-state index contributed by atoms with van der Waals surface area (Å²) in [5, 5.41) is 25.7. The van der Waals surface area contributed by atoms with E-state index in [0.29, 0.717) is 6.04 Å². The Morgan fingerprint density at radius 2 is 2.09 bits per heavy atom. The number of piperidine rings is 1. The van der Waals surface area contributed by atoms with Gasteiger partial charge in [-0.2, -0.15) is 5.10 Å². The number of rotatable bonds is 2. The zero-order valence-electron chi connectivity index (χ0n) is 13.0. The van der Waals surface area contributed by atoms with Gasteiger partial charge in [0.25, 0.3) is 0 Å². The lowest BCUT2D eigenvalue weighted by atomic mass is 10.1. The largest absolute Gasteiger partial charge is 0.506 e. The van der Waals surface area contributed by atoms with Gasteiger partial charge in [0.05, 0.1) is 11.0 Å². The number of ether oxygens (including phenoxy) is 1. The molecule has 124 valence electrons. The molecule has 1 aliphatic heterocycles. The van der Waals surface area contributed by atoms with Crippen molar-refractivity contribution in [3.63, 3.8) is 0 Å². The van der Waals surface area contributed by atoms with E-state index >= 15 is 0 Å². The third-order valence-electron chi connectivity index (χ3n) is 2.87. The Bertz CT molecular complexity index is 503. The Kier molecular flexibility index (Phi) is 6.29. The summed E-state index contributed by atoms with van der Waals surface area (Å²) in [5.41, 5.74) is -0.505. The molecule has 0 aliphatic carbocycles. The molecule has 0 atom stereocenters. The second kappa shape index (κ2) is 7.74. The average molecular weight is 314 g/mol. The van der Waals surface area contributed by atoms with Crippen molar-refractivity contribution >= 4 is 11.8 Å². The van der Waals surface area contributed by atoms with Crippen LogP contribution in [0.25, 0.3) is 0 Å². The smallest absolute Gasteiger partial charge is 0.450 e. The Morgan fingerprint density at radius 3 is 2.45 bits per heavy atom. The molecule has 1 aromatic heterocycles. The molecule has 0 radical (unpaired) electrons. The van der Waals surface area contributed by atoms with Crippen LogP contribution in [0.15, 0.2) is 12.4 Å². The molecule has 0 saturated carbocycles. The number of aromatic nitrogens is 2. The number of nitrogens with one attached hydrogen (secondary N) is 1. The minimum absolute atomic E-state index is 0.0727. The van der Waals surface area contributed by atoms with Crippen molar-refractivity contribution in [3.8, 4) is 0 Å². The van der Waals surface area contributed by atoms with Crippen LogP contribution in [0, 0.1) is 10.1 Å². The van der Waals surface area contributed by atoms with E-state index in [2.05, 4.69) is 15.2 Å². The minimum atomic E-state index is -1.22. The number of nitro groups is 1. The maximum absolute atomic E-state index is 10.4. The van der Waals surface area contributed by atoms with Crippen molar-refractivity contribution in [3.05, 3.63) is 22.5 Å². The lowest BCUT2D eigenvalue weighted by molar-refractivity contribution is -0.385. The van der Waals surface area contributed by atoms with Crippen molar-refractivity contribution < 1.29 is 19.6 Å². The highest BCUT2D eigenvalue weighted by Crippen LogP contribution is 2.20. The van der Waals surface area contributed by atoms with Crippen LogP contribution < -0.4 is 5.32 Å². The third-order valence-corrected chi connectivity index (χ3v) is 2.87. The molecule has 0 unspecified atom stereocenters. The third kappa shape index (κ3) is 6.53. The predicted octanol–water partition coefficient (Wildman–Crippen LogP) is 2.20. The topological polar surface area (TPSA) is 120 Å². The molecule has 0 amide bonds. The molecule has 22 heavy (non-hydrogen) atoms. The number of hydrogen-bond donors (Lipinski definition) is 2. The molecule has 2 heterocycles. The Hall–Kier alpha value is -2.16. The van der Waals surface area contributed by atoms with Crippen LogP contribution in [0.5, 0.6) is 0 Å². The van der Waals surface area contributed by atoms with Crippen molar-refractivity contribution in [2.75, 3.05) is 13.1 Å². The molecule has 0 aromatic carbocycles. The zero-order chi connectivity index (χ0) is 16.8. The molecule has 0 bridgehead atoms. The molecule has 1 aliphatic rings. The highest BCUT2D eigenvalue weighted by molar-refractivity contribution is 5.57. The second-order valence-electron chi connectivity index (χ2n) is 5.90. The van der Waals surface area contributed by atoms with Crippen LogP contribution in [0.2, 0.25) is 0 Å². The van der Waals surface area contributed by atoms with Crippen molar-refractivity contribution in [2.24, 2.45) is 0 Å². The van der Waals surface area contributed by atoms with E-state index in [-0.39, 0.29) is 5.69 Å². The number of carboxylic acid groups (broad SMARTS) is 1. The van der Waals surface area contributed by atoms with Crippen LogP contribution >= 0.6 is 0 Å². The van der Waals surface area contributed by atoms with Gasteiger partial charge in [-0.15, -0.1) is 0 Å². The van der Waals surface area contributed by atoms with Gasteiger partial charge in [0.15, 0.2) is 0 Å². The van der Waals surface area contributed by atoms with Crippen LogP contribution in [-0.4, -0.2) is 44.7 Å². The van der Waals surface area contributed by atoms with Gasteiger partial charge in [-0.05, 0) is 46.7 Å². The van der Waals surface area contributed by atoms with Crippen molar-refractivity contribution in [1.82, 2.24) is 15.1 Å². The summed E-state index contributed by atoms with van der Waals surface area (Å²) in [7, 11) is 0. The van der Waals surface area contributed by atoms with Gasteiger partial charge < -0.3 is 15.2 Å². The molecule has 2 rings (SSSR count). The number of carbonyl (C=O) groups is 1. The number of nitrogens with zero attached hydrogens (tertiary/aromatic N) is 3. The first kappa shape index (κ1) is 17.9.